The molecule has 2 atom stereocenters. The van der Waals surface area contributed by atoms with Crippen molar-refractivity contribution >= 4 is 11.4 Å². The van der Waals surface area contributed by atoms with Crippen LogP contribution < -0.4 is 9.64 Å². The molecule has 0 aromatic heterocycles. The molecule has 0 saturated heterocycles. The molecule has 3 rings (SSSR count). The molecule has 0 N–H and O–H groups in total. The van der Waals surface area contributed by atoms with Crippen molar-refractivity contribution in [3.8, 4) is 5.75 Å². The fourth-order valence-electron chi connectivity index (χ4n) is 4.93. The van der Waals surface area contributed by atoms with Crippen LogP contribution in [0.25, 0.3) is 0 Å². The predicted octanol–water partition coefficient (Wildman–Crippen LogP) is 11.7. The Kier molecular flexibility index (Phi) is 27.9. The molecular formula is C37H60NOW-3. The number of hydrogen-bond acceptors (Lipinski definition) is 2. The van der Waals surface area contributed by atoms with Crippen LogP contribution in [0.2, 0.25) is 0 Å². The fraction of sp³-hybridized carbons (Fsp3) is 0.486. The Morgan fingerprint density at radius 3 is 2.05 bits per heavy atom. The summed E-state index contributed by atoms with van der Waals surface area (Å²) in [5, 5.41) is 0. The summed E-state index contributed by atoms with van der Waals surface area (Å²) in [5.41, 5.74) is 3.67. The summed E-state index contributed by atoms with van der Waals surface area (Å²) in [4.78, 5) is 2.35. The Morgan fingerprint density at radius 1 is 0.925 bits per heavy atom. The van der Waals surface area contributed by atoms with Gasteiger partial charge in [0.15, 0.2) is 0 Å². The minimum absolute atomic E-state index is 0. The maximum absolute atomic E-state index is 6.20. The first-order chi connectivity index (χ1) is 18.1. The molecule has 0 heterocycles. The standard InChI is InChI=1S/C31H42NO.2C2H6.2CH3.W/c1-5-8-12-25(4)21-22-32(29-13-10-9-11-14-29)30-17-19-31(20-18-30)33-24-26-15-16-28(23-26)27(6-2)7-3;2*1-2;;;/h8-15,17-21,26-28H,5-7,16,22-24H2,1-4H3;2*1-2H3;2*1H3;/q-1;;;2*-1;/b12-8-,25-21-;;;;;. The molecule has 0 spiro atoms. The van der Waals surface area contributed by atoms with E-state index in [1.54, 1.807) is 0 Å². The number of rotatable bonds is 12. The van der Waals surface area contributed by atoms with E-state index >= 15 is 0 Å². The summed E-state index contributed by atoms with van der Waals surface area (Å²) in [7, 11) is 0. The SMILES string of the molecule is CC.CC.CC/C=C\C(C)=C/CN(c1ccccc1)c1ccc(OCC2[CH-]CC(C(CC)CC)C2)cc1.[CH3-].[CH3-].[W]. The van der Waals surface area contributed by atoms with Gasteiger partial charge in [-0.05, 0) is 55.7 Å². The van der Waals surface area contributed by atoms with Crippen LogP contribution in [-0.2, 0) is 21.1 Å². The van der Waals surface area contributed by atoms with Crippen LogP contribution in [0.4, 0.5) is 11.4 Å². The molecule has 2 unspecified atom stereocenters. The Hall–Kier alpha value is -1.79. The zero-order chi connectivity index (χ0) is 27.5. The van der Waals surface area contributed by atoms with Crippen molar-refractivity contribution in [2.75, 3.05) is 18.1 Å². The Bertz CT molecular complexity index is 871. The molecule has 1 fully saturated rings. The van der Waals surface area contributed by atoms with E-state index < -0.39 is 0 Å². The summed E-state index contributed by atoms with van der Waals surface area (Å²) in [5.74, 6) is 3.26. The average molecular weight is 719 g/mol. The van der Waals surface area contributed by atoms with Crippen LogP contribution in [0.5, 0.6) is 5.75 Å². The molecule has 2 nitrogen and oxygen atoms in total. The van der Waals surface area contributed by atoms with Gasteiger partial charge >= 0.3 is 0 Å². The van der Waals surface area contributed by atoms with Crippen molar-refractivity contribution in [2.24, 2.45) is 17.8 Å². The summed E-state index contributed by atoms with van der Waals surface area (Å²) in [6.45, 7) is 18.6. The zero-order valence-corrected chi connectivity index (χ0v) is 30.4. The smallest absolute Gasteiger partial charge is 0.119 e. The Labute approximate surface area is 265 Å². The van der Waals surface area contributed by atoms with E-state index in [-0.39, 0.29) is 35.9 Å². The maximum Gasteiger partial charge on any atom is 0.119 e. The number of para-hydroxylation sites is 1. The molecule has 0 aliphatic heterocycles. The summed E-state index contributed by atoms with van der Waals surface area (Å²) in [6.07, 6.45) is 15.4. The number of allylic oxidation sites excluding steroid dienone is 3. The molecule has 0 bridgehead atoms. The molecule has 0 amide bonds. The normalized spacial score (nSPS) is 15.9. The molecule has 3 heteroatoms. The molecule has 1 saturated carbocycles. The van der Waals surface area contributed by atoms with E-state index in [1.165, 1.54) is 42.6 Å². The van der Waals surface area contributed by atoms with Crippen molar-refractivity contribution in [1.82, 2.24) is 0 Å². The molecule has 1 aliphatic carbocycles. The van der Waals surface area contributed by atoms with Gasteiger partial charge in [0.25, 0.3) is 0 Å². The molecule has 2 aromatic carbocycles. The van der Waals surface area contributed by atoms with Gasteiger partial charge in [0, 0.05) is 39.0 Å². The quantitative estimate of drug-likeness (QED) is 0.160. The van der Waals surface area contributed by atoms with Crippen LogP contribution >= 0.6 is 0 Å². The van der Waals surface area contributed by atoms with Gasteiger partial charge < -0.3 is 30.9 Å². The fourth-order valence-corrected chi connectivity index (χ4v) is 4.93. The first-order valence-corrected chi connectivity index (χ1v) is 14.9. The first kappa shape index (κ1) is 42.7. The third kappa shape index (κ3) is 14.7. The van der Waals surface area contributed by atoms with Crippen LogP contribution in [0.1, 0.15) is 87.5 Å². The zero-order valence-electron chi connectivity index (χ0n) is 27.5. The van der Waals surface area contributed by atoms with Gasteiger partial charge in [-0.15, -0.1) is 5.92 Å². The van der Waals surface area contributed by atoms with Gasteiger partial charge in [-0.3, -0.25) is 0 Å². The Morgan fingerprint density at radius 2 is 1.50 bits per heavy atom. The third-order valence-electron chi connectivity index (χ3n) is 6.99. The monoisotopic (exact) mass is 718 g/mol. The molecule has 228 valence electrons. The number of hydrogen-bond donors (Lipinski definition) is 0. The number of ether oxygens (including phenoxy) is 1. The van der Waals surface area contributed by atoms with Gasteiger partial charge in [-0.2, -0.15) is 6.42 Å². The molecule has 2 aromatic rings. The van der Waals surface area contributed by atoms with Crippen LogP contribution in [0, 0.1) is 39.0 Å². The van der Waals surface area contributed by atoms with Gasteiger partial charge in [0.1, 0.15) is 5.75 Å². The molecule has 40 heavy (non-hydrogen) atoms. The van der Waals surface area contributed by atoms with E-state index in [2.05, 4.69) is 112 Å². The largest absolute Gasteiger partial charge is 0.496 e. The number of benzene rings is 2. The Balaban J connectivity index is -0.00000187. The summed E-state index contributed by atoms with van der Waals surface area (Å²) < 4.78 is 6.20. The van der Waals surface area contributed by atoms with Crippen LogP contribution in [0.15, 0.2) is 78.4 Å². The van der Waals surface area contributed by atoms with Gasteiger partial charge in [0.2, 0.25) is 0 Å². The second kappa shape index (κ2) is 26.1. The van der Waals surface area contributed by atoms with E-state index in [9.17, 15) is 0 Å². The second-order valence-corrected chi connectivity index (χ2v) is 9.31. The van der Waals surface area contributed by atoms with E-state index in [1.807, 2.05) is 27.7 Å². The van der Waals surface area contributed by atoms with Crippen molar-refractivity contribution in [3.05, 3.63) is 99.7 Å². The molecule has 1 aliphatic rings. The minimum Gasteiger partial charge on any atom is -0.496 e. The first-order valence-electron chi connectivity index (χ1n) is 14.9. The maximum atomic E-state index is 6.20. The second-order valence-electron chi connectivity index (χ2n) is 9.31. The van der Waals surface area contributed by atoms with E-state index in [0.29, 0.717) is 5.92 Å². The number of anilines is 2. The topological polar surface area (TPSA) is 12.5 Å². The number of nitrogens with zero attached hydrogens (tertiary/aromatic N) is 1. The van der Waals surface area contributed by atoms with Crippen molar-refractivity contribution in [2.45, 2.75) is 87.5 Å². The minimum atomic E-state index is 0. The van der Waals surface area contributed by atoms with Gasteiger partial charge in [-0.1, -0.05) is 116 Å². The predicted molar refractivity (Wildman–Crippen MR) is 179 cm³/mol. The third-order valence-corrected chi connectivity index (χ3v) is 6.99. The van der Waals surface area contributed by atoms with Crippen molar-refractivity contribution < 1.29 is 25.8 Å². The average Bonchev–Trinajstić information content (AvgIpc) is 3.43. The van der Waals surface area contributed by atoms with E-state index in [0.717, 1.165) is 37.2 Å². The van der Waals surface area contributed by atoms with E-state index in [4.69, 9.17) is 4.74 Å². The van der Waals surface area contributed by atoms with Crippen molar-refractivity contribution in [1.29, 1.82) is 0 Å². The van der Waals surface area contributed by atoms with Crippen LogP contribution in [-0.4, -0.2) is 13.2 Å². The summed E-state index contributed by atoms with van der Waals surface area (Å²) >= 11 is 0. The summed E-state index contributed by atoms with van der Waals surface area (Å²) in [6, 6.07) is 19.2. The van der Waals surface area contributed by atoms with Gasteiger partial charge in [-0.25, -0.2) is 0 Å². The van der Waals surface area contributed by atoms with Crippen molar-refractivity contribution in [3.63, 3.8) is 0 Å². The van der Waals surface area contributed by atoms with Crippen LogP contribution in [0.3, 0.4) is 0 Å². The molecule has 0 radical (unpaired) electrons. The van der Waals surface area contributed by atoms with Gasteiger partial charge in [0.05, 0.1) is 6.61 Å². The molecular weight excluding hydrogens is 658 g/mol.